The Morgan fingerprint density at radius 2 is 2.14 bits per heavy atom. The number of hydrogen-bond donors (Lipinski definition) is 2. The minimum absolute atomic E-state index is 0.0417. The highest BCUT2D eigenvalue weighted by Crippen LogP contribution is 2.39. The Kier molecular flexibility index (Phi) is 8.16. The number of aliphatic hydroxyl groups is 2. The zero-order chi connectivity index (χ0) is 20.7. The molecule has 2 atom stereocenters. The summed E-state index contributed by atoms with van der Waals surface area (Å²) < 4.78 is 10.9. The molecule has 2 rings (SSSR count). The summed E-state index contributed by atoms with van der Waals surface area (Å²) in [6.45, 7) is 2.12. The van der Waals surface area contributed by atoms with Gasteiger partial charge in [0, 0.05) is 19.0 Å². The van der Waals surface area contributed by atoms with E-state index >= 15 is 0 Å². The average Bonchev–Trinajstić information content (AvgIpc) is 2.69. The minimum atomic E-state index is -1.24. The van der Waals surface area contributed by atoms with Crippen LogP contribution in [0.25, 0.3) is 0 Å². The van der Waals surface area contributed by atoms with E-state index in [0.717, 1.165) is 19.3 Å². The van der Waals surface area contributed by atoms with Crippen LogP contribution in [0, 0.1) is 10.1 Å². The van der Waals surface area contributed by atoms with Gasteiger partial charge in [-0.2, -0.15) is 0 Å². The number of rotatable bonds is 10. The molecule has 0 spiro atoms. The molecule has 1 saturated heterocycles. The molecule has 9 nitrogen and oxygen atoms in total. The van der Waals surface area contributed by atoms with Crippen molar-refractivity contribution in [3.8, 4) is 11.5 Å². The van der Waals surface area contributed by atoms with Crippen LogP contribution in [0.4, 0.5) is 5.69 Å². The van der Waals surface area contributed by atoms with Gasteiger partial charge in [-0.15, -0.1) is 0 Å². The van der Waals surface area contributed by atoms with Crippen molar-refractivity contribution in [3.05, 3.63) is 27.8 Å². The number of carbonyl (C=O) groups is 1. The number of methoxy groups -OCH3 is 1. The van der Waals surface area contributed by atoms with E-state index in [4.69, 9.17) is 9.47 Å². The summed E-state index contributed by atoms with van der Waals surface area (Å²) in [5, 5.41) is 32.0. The van der Waals surface area contributed by atoms with Crippen molar-refractivity contribution in [1.29, 1.82) is 0 Å². The number of ketones is 1. The molecular weight excluding hydrogens is 368 g/mol. The lowest BCUT2D eigenvalue weighted by Crippen LogP contribution is -2.44. The number of carbonyl (C=O) groups excluding carboxylic acids is 1. The number of Topliss-reactive ketones (excluding diaryl/α,β-unsaturated/α-hetero) is 1. The van der Waals surface area contributed by atoms with Gasteiger partial charge in [-0.3, -0.25) is 15.0 Å². The third kappa shape index (κ3) is 5.40. The first-order chi connectivity index (χ1) is 13.4. The molecule has 2 N–H and O–H groups in total. The molecule has 1 aromatic carbocycles. The molecule has 9 heteroatoms. The van der Waals surface area contributed by atoms with Gasteiger partial charge >= 0.3 is 0 Å². The molecule has 0 aliphatic carbocycles. The van der Waals surface area contributed by atoms with Gasteiger partial charge in [-0.25, -0.2) is 0 Å². The van der Waals surface area contributed by atoms with Gasteiger partial charge in [-0.05, 0) is 32.3 Å². The quantitative estimate of drug-likeness (QED) is 0.351. The topological polar surface area (TPSA) is 122 Å². The van der Waals surface area contributed by atoms with Crippen molar-refractivity contribution in [1.82, 2.24) is 4.90 Å². The molecule has 1 aliphatic heterocycles. The number of aliphatic hydroxyl groups excluding tert-OH is 2. The van der Waals surface area contributed by atoms with E-state index in [-0.39, 0.29) is 47.8 Å². The lowest BCUT2D eigenvalue weighted by Gasteiger charge is -2.37. The molecule has 0 saturated carbocycles. The third-order valence-corrected chi connectivity index (χ3v) is 4.92. The van der Waals surface area contributed by atoms with Crippen molar-refractivity contribution < 1.29 is 29.4 Å². The van der Waals surface area contributed by atoms with Gasteiger partial charge in [0.05, 0.1) is 36.9 Å². The van der Waals surface area contributed by atoms with Crippen LogP contribution in [0.5, 0.6) is 11.5 Å². The number of nitro benzene ring substituents is 1. The Morgan fingerprint density at radius 1 is 1.39 bits per heavy atom. The smallest absolute Gasteiger partial charge is 0.280 e. The molecule has 1 aliphatic rings. The maximum Gasteiger partial charge on any atom is 0.280 e. The van der Waals surface area contributed by atoms with Crippen LogP contribution in [0.2, 0.25) is 0 Å². The Labute approximate surface area is 164 Å². The fourth-order valence-corrected chi connectivity index (χ4v) is 3.42. The molecule has 156 valence electrons. The van der Waals surface area contributed by atoms with E-state index in [1.165, 1.54) is 26.2 Å². The molecule has 1 heterocycles. The Balaban J connectivity index is 2.30. The van der Waals surface area contributed by atoms with Crippen molar-refractivity contribution in [3.63, 3.8) is 0 Å². The molecule has 0 bridgehead atoms. The molecule has 1 unspecified atom stereocenters. The summed E-state index contributed by atoms with van der Waals surface area (Å²) in [7, 11) is 1.41. The lowest BCUT2D eigenvalue weighted by atomic mass is 10.00. The van der Waals surface area contributed by atoms with E-state index in [9.17, 15) is 25.1 Å². The summed E-state index contributed by atoms with van der Waals surface area (Å²) in [5.41, 5.74) is -0.185. The number of nitro groups is 1. The third-order valence-electron chi connectivity index (χ3n) is 4.92. The van der Waals surface area contributed by atoms with Gasteiger partial charge < -0.3 is 24.5 Å². The molecule has 1 fully saturated rings. The summed E-state index contributed by atoms with van der Waals surface area (Å²) in [6.07, 6.45) is 2.11. The second kappa shape index (κ2) is 10.4. The maximum atomic E-state index is 11.6. The normalized spacial score (nSPS) is 18.5. The molecule has 28 heavy (non-hydrogen) atoms. The van der Waals surface area contributed by atoms with Crippen LogP contribution in [0.15, 0.2) is 12.1 Å². The Morgan fingerprint density at radius 3 is 2.75 bits per heavy atom. The molecular formula is C19H28N2O7. The highest BCUT2D eigenvalue weighted by Gasteiger charge is 2.33. The molecule has 0 aromatic heterocycles. The Hall–Kier alpha value is -2.23. The number of ether oxygens (including phenoxy) is 2. The van der Waals surface area contributed by atoms with Gasteiger partial charge in [0.1, 0.15) is 12.0 Å². The minimum Gasteiger partial charge on any atom is -0.493 e. The molecule has 0 amide bonds. The van der Waals surface area contributed by atoms with E-state index in [0.29, 0.717) is 19.4 Å². The molecule has 0 radical (unpaired) electrons. The first-order valence-corrected chi connectivity index (χ1v) is 9.42. The van der Waals surface area contributed by atoms with Crippen LogP contribution >= 0.6 is 0 Å². The van der Waals surface area contributed by atoms with Crippen molar-refractivity contribution in [2.24, 2.45) is 0 Å². The predicted octanol–water partition coefficient (Wildman–Crippen LogP) is 2.19. The number of piperidine rings is 1. The van der Waals surface area contributed by atoms with Gasteiger partial charge in [0.15, 0.2) is 11.5 Å². The van der Waals surface area contributed by atoms with Gasteiger partial charge in [-0.1, -0.05) is 6.42 Å². The first-order valence-electron chi connectivity index (χ1n) is 9.42. The largest absolute Gasteiger partial charge is 0.493 e. The van der Waals surface area contributed by atoms with Crippen molar-refractivity contribution in [2.75, 3.05) is 26.9 Å². The number of benzene rings is 1. The van der Waals surface area contributed by atoms with Crippen LogP contribution in [-0.4, -0.2) is 58.7 Å². The second-order valence-electron chi connectivity index (χ2n) is 6.92. The summed E-state index contributed by atoms with van der Waals surface area (Å²) in [4.78, 5) is 23.7. The maximum absolute atomic E-state index is 11.6. The number of nitrogens with zero attached hydrogens (tertiary/aromatic N) is 2. The average molecular weight is 396 g/mol. The van der Waals surface area contributed by atoms with Crippen LogP contribution in [0.1, 0.15) is 50.8 Å². The summed E-state index contributed by atoms with van der Waals surface area (Å²) in [5.74, 6) is 0.492. The fourth-order valence-electron chi connectivity index (χ4n) is 3.42. The van der Waals surface area contributed by atoms with Gasteiger partial charge in [0.25, 0.3) is 5.69 Å². The van der Waals surface area contributed by atoms with Crippen LogP contribution in [-0.2, 0) is 4.79 Å². The van der Waals surface area contributed by atoms with E-state index in [1.807, 2.05) is 0 Å². The van der Waals surface area contributed by atoms with Crippen molar-refractivity contribution >= 4 is 11.5 Å². The fraction of sp³-hybridized carbons (Fsp3) is 0.632. The van der Waals surface area contributed by atoms with Crippen LogP contribution < -0.4 is 9.47 Å². The monoisotopic (exact) mass is 396 g/mol. The van der Waals surface area contributed by atoms with Crippen molar-refractivity contribution in [2.45, 2.75) is 51.3 Å². The zero-order valence-electron chi connectivity index (χ0n) is 16.3. The number of likely N-dealkylation sites (tertiary alicyclic amines) is 1. The highest BCUT2D eigenvalue weighted by atomic mass is 16.6. The van der Waals surface area contributed by atoms with E-state index < -0.39 is 11.2 Å². The molecule has 1 aromatic rings. The van der Waals surface area contributed by atoms with Crippen LogP contribution in [0.3, 0.4) is 0 Å². The summed E-state index contributed by atoms with van der Waals surface area (Å²) >= 11 is 0. The number of hydrogen-bond acceptors (Lipinski definition) is 8. The van der Waals surface area contributed by atoms with Gasteiger partial charge in [0.2, 0.25) is 0 Å². The standard InChI is InChI=1S/C19H28N2O7/c1-13(23)6-5-9-28-18-11-16(21(25)26)15(10-17(18)27-2)19(24)20-8-4-3-7-14(20)12-22/h10-11,14,19,22,24H,3-9,12H2,1-2H3/t14-,19?/m0/s1. The van der Waals surface area contributed by atoms with E-state index in [1.54, 1.807) is 4.90 Å². The predicted molar refractivity (Wildman–Crippen MR) is 101 cm³/mol. The second-order valence-corrected chi connectivity index (χ2v) is 6.92. The summed E-state index contributed by atoms with van der Waals surface area (Å²) in [6, 6.07) is 2.40. The lowest BCUT2D eigenvalue weighted by molar-refractivity contribution is -0.386. The highest BCUT2D eigenvalue weighted by molar-refractivity contribution is 5.75. The SMILES string of the molecule is COc1cc(C(O)N2CCCC[C@H]2CO)c([N+](=O)[O-])cc1OCCCC(C)=O. The first kappa shape index (κ1) is 22.1. The Bertz CT molecular complexity index is 695. The zero-order valence-corrected chi connectivity index (χ0v) is 16.3. The van der Waals surface area contributed by atoms with E-state index in [2.05, 4.69) is 0 Å².